The van der Waals surface area contributed by atoms with Gasteiger partial charge in [-0.05, 0) is 58.7 Å². The molecular weight excluding hydrogens is 775 g/mol. The Hall–Kier alpha value is -6.85. The maximum absolute atomic E-state index is 12.3. The fourth-order valence-electron chi connectivity index (χ4n) is 8.20. The monoisotopic (exact) mass is 825 g/mol. The van der Waals surface area contributed by atoms with Crippen molar-refractivity contribution in [3.05, 3.63) is 209 Å². The molecule has 1 aliphatic rings. The van der Waals surface area contributed by atoms with Gasteiger partial charge in [-0.3, -0.25) is 4.99 Å². The van der Waals surface area contributed by atoms with Crippen molar-refractivity contribution in [2.24, 2.45) is 4.99 Å². The van der Waals surface area contributed by atoms with E-state index >= 15 is 0 Å². The van der Waals surface area contributed by atoms with Crippen LogP contribution in [0.15, 0.2) is 181 Å². The highest BCUT2D eigenvalue weighted by Gasteiger charge is 2.47. The lowest BCUT2D eigenvalue weighted by Crippen LogP contribution is -2.43. The highest BCUT2D eigenvalue weighted by molar-refractivity contribution is 5.73. The SMILES string of the molecule is C=Nc1c(OCc2ccccc2)nc(NC(c2ccccc2)(c2ccccc2)c2ccc(OC)cc2)nc1N(C)[C@H]1C[C@H](OCc2ccccc2)[C@@H](OCc2ccccc2)[C@@H]1O. The summed E-state index contributed by atoms with van der Waals surface area (Å²) in [7, 11) is 3.55. The van der Waals surface area contributed by atoms with Crippen LogP contribution in [0, 0.1) is 0 Å². The molecule has 6 aromatic carbocycles. The fraction of sp³-hybridized carbons (Fsp3) is 0.212. The third kappa shape index (κ3) is 9.23. The van der Waals surface area contributed by atoms with E-state index < -0.39 is 29.9 Å². The second kappa shape index (κ2) is 19.7. The molecule has 8 rings (SSSR count). The topological polar surface area (TPSA) is 111 Å². The van der Waals surface area contributed by atoms with Crippen LogP contribution in [0.5, 0.6) is 11.6 Å². The molecule has 0 aliphatic heterocycles. The summed E-state index contributed by atoms with van der Waals surface area (Å²) < 4.78 is 25.2. The van der Waals surface area contributed by atoms with E-state index in [0.717, 1.165) is 39.1 Å². The van der Waals surface area contributed by atoms with Gasteiger partial charge in [0.05, 0.1) is 32.5 Å². The van der Waals surface area contributed by atoms with Gasteiger partial charge in [-0.2, -0.15) is 9.97 Å². The first-order chi connectivity index (χ1) is 30.5. The number of benzene rings is 6. The molecule has 314 valence electrons. The number of aliphatic hydroxyl groups is 1. The molecule has 0 amide bonds. The zero-order valence-electron chi connectivity index (χ0n) is 35.0. The predicted molar refractivity (Wildman–Crippen MR) is 244 cm³/mol. The Balaban J connectivity index is 1.22. The minimum Gasteiger partial charge on any atom is -0.497 e. The summed E-state index contributed by atoms with van der Waals surface area (Å²) in [4.78, 5) is 16.7. The van der Waals surface area contributed by atoms with Crippen LogP contribution in [0.1, 0.15) is 39.8 Å². The first-order valence-electron chi connectivity index (χ1n) is 20.8. The zero-order chi connectivity index (χ0) is 42.7. The first-order valence-corrected chi connectivity index (χ1v) is 20.8. The van der Waals surface area contributed by atoms with Gasteiger partial charge in [-0.1, -0.05) is 164 Å². The van der Waals surface area contributed by atoms with E-state index in [2.05, 4.69) is 41.3 Å². The van der Waals surface area contributed by atoms with Gasteiger partial charge >= 0.3 is 0 Å². The summed E-state index contributed by atoms with van der Waals surface area (Å²) in [6.45, 7) is 4.88. The summed E-state index contributed by atoms with van der Waals surface area (Å²) in [6.07, 6.45) is -1.60. The van der Waals surface area contributed by atoms with Gasteiger partial charge in [0.15, 0.2) is 11.5 Å². The van der Waals surface area contributed by atoms with Gasteiger partial charge in [-0.15, -0.1) is 0 Å². The molecule has 10 nitrogen and oxygen atoms in total. The summed E-state index contributed by atoms with van der Waals surface area (Å²) in [6, 6.07) is 57.8. The van der Waals surface area contributed by atoms with Crippen LogP contribution in [0.25, 0.3) is 0 Å². The Morgan fingerprint density at radius 1 is 0.661 bits per heavy atom. The number of hydrogen-bond acceptors (Lipinski definition) is 10. The number of aromatic nitrogens is 2. The van der Waals surface area contributed by atoms with Crippen molar-refractivity contribution >= 4 is 24.2 Å². The molecule has 1 aromatic heterocycles. The quantitative estimate of drug-likeness (QED) is 0.0646. The van der Waals surface area contributed by atoms with E-state index in [1.807, 2.05) is 164 Å². The van der Waals surface area contributed by atoms with Gasteiger partial charge in [0.25, 0.3) is 0 Å². The Bertz CT molecular complexity index is 2440. The molecule has 0 unspecified atom stereocenters. The first kappa shape index (κ1) is 41.9. The number of hydrogen-bond donors (Lipinski definition) is 2. The second-order valence-corrected chi connectivity index (χ2v) is 15.3. The molecule has 2 N–H and O–H groups in total. The number of rotatable bonds is 18. The highest BCUT2D eigenvalue weighted by atomic mass is 16.6. The van der Waals surface area contributed by atoms with Crippen LogP contribution in [-0.2, 0) is 34.8 Å². The number of aliphatic imine (C=N–C) groups is 1. The number of ether oxygens (including phenoxy) is 4. The second-order valence-electron chi connectivity index (χ2n) is 15.3. The van der Waals surface area contributed by atoms with Gasteiger partial charge in [-0.25, -0.2) is 0 Å². The maximum atomic E-state index is 12.3. The van der Waals surface area contributed by atoms with E-state index in [9.17, 15) is 5.11 Å². The number of methoxy groups -OCH3 is 1. The number of nitrogens with zero attached hydrogens (tertiary/aromatic N) is 4. The summed E-state index contributed by atoms with van der Waals surface area (Å²) in [5, 5.41) is 16.1. The Morgan fingerprint density at radius 3 is 1.66 bits per heavy atom. The summed E-state index contributed by atoms with van der Waals surface area (Å²) in [5.74, 6) is 1.65. The third-order valence-electron chi connectivity index (χ3n) is 11.4. The molecule has 1 fully saturated rings. The maximum Gasteiger partial charge on any atom is 0.247 e. The zero-order valence-corrected chi connectivity index (χ0v) is 35.0. The molecule has 7 aromatic rings. The normalized spacial score (nSPS) is 17.3. The predicted octanol–water partition coefficient (Wildman–Crippen LogP) is 9.54. The number of likely N-dealkylation sites (N-methyl/N-ethyl adjacent to an activating group) is 1. The van der Waals surface area contributed by atoms with Gasteiger partial charge in [0.2, 0.25) is 11.8 Å². The van der Waals surface area contributed by atoms with E-state index in [-0.39, 0.29) is 18.4 Å². The average molecular weight is 826 g/mol. The van der Waals surface area contributed by atoms with E-state index in [1.54, 1.807) is 7.11 Å². The third-order valence-corrected chi connectivity index (χ3v) is 11.4. The fourth-order valence-corrected chi connectivity index (χ4v) is 8.20. The van der Waals surface area contributed by atoms with Crippen molar-refractivity contribution in [1.82, 2.24) is 9.97 Å². The van der Waals surface area contributed by atoms with E-state index in [1.165, 1.54) is 0 Å². The lowest BCUT2D eigenvalue weighted by Gasteiger charge is -2.37. The molecule has 0 saturated heterocycles. The molecule has 62 heavy (non-hydrogen) atoms. The van der Waals surface area contributed by atoms with Gasteiger partial charge < -0.3 is 34.3 Å². The largest absolute Gasteiger partial charge is 0.497 e. The van der Waals surface area contributed by atoms with Crippen LogP contribution < -0.4 is 19.7 Å². The Labute approximate surface area is 363 Å². The van der Waals surface area contributed by atoms with Crippen molar-refractivity contribution in [3.8, 4) is 11.6 Å². The van der Waals surface area contributed by atoms with E-state index in [4.69, 9.17) is 28.9 Å². The molecule has 1 aliphatic carbocycles. The molecule has 0 bridgehead atoms. The molecule has 0 spiro atoms. The van der Waals surface area contributed by atoms with Crippen LogP contribution >= 0.6 is 0 Å². The van der Waals surface area contributed by atoms with Crippen LogP contribution in [0.3, 0.4) is 0 Å². The van der Waals surface area contributed by atoms with Crippen LogP contribution in [0.4, 0.5) is 17.5 Å². The van der Waals surface area contributed by atoms with Crippen LogP contribution in [0.2, 0.25) is 0 Å². The lowest BCUT2D eigenvalue weighted by molar-refractivity contribution is -0.103. The molecule has 4 atom stereocenters. The van der Waals surface area contributed by atoms with Crippen molar-refractivity contribution in [2.45, 2.75) is 56.1 Å². The molecular formula is C52H51N5O5. The smallest absolute Gasteiger partial charge is 0.247 e. The van der Waals surface area contributed by atoms with Crippen LogP contribution in [-0.4, -0.2) is 60.3 Å². The van der Waals surface area contributed by atoms with E-state index in [0.29, 0.717) is 31.1 Å². The van der Waals surface area contributed by atoms with Crippen molar-refractivity contribution < 1.29 is 24.1 Å². The Morgan fingerprint density at radius 2 is 1.15 bits per heavy atom. The van der Waals surface area contributed by atoms with Gasteiger partial charge in [0.1, 0.15) is 30.1 Å². The molecule has 0 radical (unpaired) electrons. The number of aliphatic hydroxyl groups excluding tert-OH is 1. The van der Waals surface area contributed by atoms with Crippen molar-refractivity contribution in [1.29, 1.82) is 0 Å². The average Bonchev–Trinajstić information content (AvgIpc) is 3.66. The molecule has 10 heteroatoms. The molecule has 1 saturated carbocycles. The minimum atomic E-state index is -0.996. The Kier molecular flexibility index (Phi) is 13.3. The number of anilines is 2. The van der Waals surface area contributed by atoms with Gasteiger partial charge in [0, 0.05) is 7.05 Å². The highest BCUT2D eigenvalue weighted by Crippen LogP contribution is 2.44. The van der Waals surface area contributed by atoms with Crippen molar-refractivity contribution in [2.75, 3.05) is 24.4 Å². The lowest BCUT2D eigenvalue weighted by atomic mass is 9.77. The standard InChI is InChI=1S/C52H51N5O5/c1-53-46-49(57(2)44-33-45(60-34-37-19-9-4-10-20-37)48(47(44)58)61-35-38-21-11-5-12-22-38)54-51(55-50(46)62-36-39-23-13-6-14-24-39)56-52(40-25-15-7-16-26-40,41-27-17-8-18-28-41)42-29-31-43(59-3)32-30-42/h4-32,44-45,47-48,58H,1,33-36H2,2-3H3,(H,54,55,56)/t44-,45-,47+,48+/m0/s1. The molecule has 1 heterocycles. The summed E-state index contributed by atoms with van der Waals surface area (Å²) >= 11 is 0. The van der Waals surface area contributed by atoms with Crippen molar-refractivity contribution in [3.63, 3.8) is 0 Å². The number of nitrogens with one attached hydrogen (secondary N) is 1. The summed E-state index contributed by atoms with van der Waals surface area (Å²) in [5.41, 5.74) is 5.16. The minimum absolute atomic E-state index is 0.223.